The molecule has 0 spiro atoms. The summed E-state index contributed by atoms with van der Waals surface area (Å²) in [6.45, 7) is 0.768. The molecule has 0 radical (unpaired) electrons. The summed E-state index contributed by atoms with van der Waals surface area (Å²) < 4.78 is 45.0. The van der Waals surface area contributed by atoms with E-state index in [0.717, 1.165) is 15.6 Å². The molecule has 2 heterocycles. The van der Waals surface area contributed by atoms with Gasteiger partial charge in [0.05, 0.1) is 22.8 Å². The Hall–Kier alpha value is -3.15. The third kappa shape index (κ3) is 3.95. The number of fused-ring (bicyclic) bond motifs is 1. The van der Waals surface area contributed by atoms with E-state index in [4.69, 9.17) is 4.74 Å². The molecule has 0 saturated carbocycles. The van der Waals surface area contributed by atoms with Crippen LogP contribution in [-0.2, 0) is 22.3 Å². The van der Waals surface area contributed by atoms with E-state index < -0.39 is 35.9 Å². The zero-order valence-electron chi connectivity index (χ0n) is 15.6. The smallest absolute Gasteiger partial charge is 0.436 e. The molecule has 0 aliphatic heterocycles. The second-order valence-corrected chi connectivity index (χ2v) is 6.99. The Morgan fingerprint density at radius 3 is 2.43 bits per heavy atom. The lowest BCUT2D eigenvalue weighted by Gasteiger charge is -2.12. The Bertz CT molecular complexity index is 1220. The van der Waals surface area contributed by atoms with Crippen LogP contribution in [0.1, 0.15) is 21.7 Å². The molecule has 0 unspecified atom stereocenters. The van der Waals surface area contributed by atoms with E-state index in [-0.39, 0.29) is 21.1 Å². The van der Waals surface area contributed by atoms with E-state index in [1.54, 1.807) is 18.2 Å². The fraction of sp³-hybridized carbons (Fsp3) is 0.222. The monoisotopic (exact) mass is 486 g/mol. The van der Waals surface area contributed by atoms with E-state index in [1.165, 1.54) is 20.1 Å². The van der Waals surface area contributed by atoms with Crippen LogP contribution in [0.25, 0.3) is 10.8 Å². The van der Waals surface area contributed by atoms with Crippen molar-refractivity contribution < 1.29 is 27.5 Å². The first-order valence-corrected chi connectivity index (χ1v) is 9.16. The normalized spacial score (nSPS) is 11.5. The van der Waals surface area contributed by atoms with Gasteiger partial charge in [-0.25, -0.2) is 9.47 Å². The fourth-order valence-electron chi connectivity index (χ4n) is 2.81. The Kier molecular flexibility index (Phi) is 5.70. The first-order chi connectivity index (χ1) is 14.0. The van der Waals surface area contributed by atoms with Crippen LogP contribution in [0.4, 0.5) is 13.2 Å². The van der Waals surface area contributed by atoms with Gasteiger partial charge in [-0.3, -0.25) is 19.7 Å². The van der Waals surface area contributed by atoms with Gasteiger partial charge in [-0.05, 0) is 28.9 Å². The standard InChI is InChI=1S/C18H14BrF3N4O4/c1-9-14(19)15(18(20,21)22)24-25(9)8-13(27)23-26-7-12(17(29)30-2)10-5-3-4-6-11(10)16(26)28/h3-7H,8H2,1-2H3,(H,23,27). The average molecular weight is 487 g/mol. The van der Waals surface area contributed by atoms with Gasteiger partial charge in [0.15, 0.2) is 5.69 Å². The summed E-state index contributed by atoms with van der Waals surface area (Å²) in [7, 11) is 1.17. The van der Waals surface area contributed by atoms with Gasteiger partial charge in [0.25, 0.3) is 11.5 Å². The summed E-state index contributed by atoms with van der Waals surface area (Å²) in [5.41, 5.74) is 0.592. The predicted molar refractivity (Wildman–Crippen MR) is 104 cm³/mol. The molecule has 8 nitrogen and oxygen atoms in total. The molecule has 0 aliphatic carbocycles. The Balaban J connectivity index is 1.96. The van der Waals surface area contributed by atoms with E-state index in [1.807, 2.05) is 0 Å². The molecule has 1 amide bonds. The highest BCUT2D eigenvalue weighted by Gasteiger charge is 2.38. The van der Waals surface area contributed by atoms with Crippen molar-refractivity contribution in [1.29, 1.82) is 0 Å². The first kappa shape index (κ1) is 21.6. The van der Waals surface area contributed by atoms with Crippen molar-refractivity contribution in [2.24, 2.45) is 0 Å². The molecule has 1 N–H and O–H groups in total. The fourth-order valence-corrected chi connectivity index (χ4v) is 3.32. The quantitative estimate of drug-likeness (QED) is 0.572. The average Bonchev–Trinajstić information content (AvgIpc) is 2.98. The summed E-state index contributed by atoms with van der Waals surface area (Å²) in [6, 6.07) is 6.24. The minimum absolute atomic E-state index is 0.0328. The van der Waals surface area contributed by atoms with Crippen LogP contribution in [0.2, 0.25) is 0 Å². The number of ether oxygens (including phenoxy) is 1. The van der Waals surface area contributed by atoms with Crippen LogP contribution >= 0.6 is 15.9 Å². The lowest BCUT2D eigenvalue weighted by molar-refractivity contribution is -0.142. The van der Waals surface area contributed by atoms with Gasteiger partial charge in [-0.15, -0.1) is 0 Å². The van der Waals surface area contributed by atoms with E-state index in [9.17, 15) is 27.6 Å². The number of nitrogens with zero attached hydrogens (tertiary/aromatic N) is 3. The van der Waals surface area contributed by atoms with E-state index in [0.29, 0.717) is 5.39 Å². The number of carbonyl (C=O) groups is 2. The van der Waals surface area contributed by atoms with Gasteiger partial charge in [0.1, 0.15) is 6.54 Å². The van der Waals surface area contributed by atoms with Crippen LogP contribution in [-0.4, -0.2) is 33.4 Å². The second kappa shape index (κ2) is 7.94. The molecule has 0 saturated heterocycles. The van der Waals surface area contributed by atoms with Gasteiger partial charge >= 0.3 is 12.1 Å². The largest absolute Gasteiger partial charge is 0.465 e. The van der Waals surface area contributed by atoms with Crippen LogP contribution < -0.4 is 11.0 Å². The maximum absolute atomic E-state index is 13.0. The number of amides is 1. The second-order valence-electron chi connectivity index (χ2n) is 6.19. The molecular formula is C18H14BrF3N4O4. The summed E-state index contributed by atoms with van der Waals surface area (Å²) >= 11 is 2.82. The topological polar surface area (TPSA) is 95.2 Å². The maximum atomic E-state index is 13.0. The van der Waals surface area contributed by atoms with Crippen LogP contribution in [0.3, 0.4) is 0 Å². The predicted octanol–water partition coefficient (Wildman–Crippen LogP) is 2.84. The molecule has 0 aliphatic rings. The van der Waals surface area contributed by atoms with Crippen LogP contribution in [0.15, 0.2) is 39.7 Å². The van der Waals surface area contributed by atoms with Crippen LogP contribution in [0.5, 0.6) is 0 Å². The highest BCUT2D eigenvalue weighted by molar-refractivity contribution is 9.10. The number of carbonyl (C=O) groups excluding carboxylic acids is 2. The molecule has 158 valence electrons. The zero-order chi connectivity index (χ0) is 22.2. The van der Waals surface area contributed by atoms with Gasteiger partial charge in [-0.1, -0.05) is 18.2 Å². The number of halogens is 4. The summed E-state index contributed by atoms with van der Waals surface area (Å²) in [5.74, 6) is -1.55. The number of aromatic nitrogens is 3. The molecule has 12 heteroatoms. The van der Waals surface area contributed by atoms with Crippen molar-refractivity contribution in [3.05, 3.63) is 62.2 Å². The minimum atomic E-state index is -4.70. The number of alkyl halides is 3. The van der Waals surface area contributed by atoms with Gasteiger partial charge < -0.3 is 4.74 Å². The van der Waals surface area contributed by atoms with Crippen molar-refractivity contribution in [3.63, 3.8) is 0 Å². The number of benzene rings is 1. The highest BCUT2D eigenvalue weighted by Crippen LogP contribution is 2.35. The van der Waals surface area contributed by atoms with Crippen molar-refractivity contribution >= 4 is 38.6 Å². The van der Waals surface area contributed by atoms with E-state index in [2.05, 4.69) is 26.5 Å². The van der Waals surface area contributed by atoms with Gasteiger partial charge in [0.2, 0.25) is 0 Å². The van der Waals surface area contributed by atoms with Crippen LogP contribution in [0, 0.1) is 6.92 Å². The maximum Gasteiger partial charge on any atom is 0.436 e. The van der Waals surface area contributed by atoms with Crippen molar-refractivity contribution in [2.75, 3.05) is 12.5 Å². The molecule has 2 aromatic heterocycles. The zero-order valence-corrected chi connectivity index (χ0v) is 17.2. The Labute approximate surface area is 175 Å². The number of pyridine rings is 1. The summed E-state index contributed by atoms with van der Waals surface area (Å²) in [6.07, 6.45) is -3.60. The SMILES string of the molecule is COC(=O)c1cn(NC(=O)Cn2nc(C(F)(F)F)c(Br)c2C)c(=O)c2ccccc12. The number of hydrogen-bond donors (Lipinski definition) is 1. The number of rotatable bonds is 4. The number of nitrogens with one attached hydrogen (secondary N) is 1. The van der Waals surface area contributed by atoms with Gasteiger partial charge in [-0.2, -0.15) is 18.3 Å². The van der Waals surface area contributed by atoms with Crippen molar-refractivity contribution in [2.45, 2.75) is 19.6 Å². The molecule has 0 atom stereocenters. The molecular weight excluding hydrogens is 473 g/mol. The number of hydrogen-bond acceptors (Lipinski definition) is 5. The lowest BCUT2D eigenvalue weighted by Crippen LogP contribution is -2.35. The van der Waals surface area contributed by atoms with E-state index >= 15 is 0 Å². The van der Waals surface area contributed by atoms with Crippen molar-refractivity contribution in [3.8, 4) is 0 Å². The van der Waals surface area contributed by atoms with Gasteiger partial charge in [0, 0.05) is 17.0 Å². The highest BCUT2D eigenvalue weighted by atomic mass is 79.9. The Morgan fingerprint density at radius 1 is 1.23 bits per heavy atom. The first-order valence-electron chi connectivity index (χ1n) is 8.37. The Morgan fingerprint density at radius 2 is 1.87 bits per heavy atom. The third-order valence-electron chi connectivity index (χ3n) is 4.27. The summed E-state index contributed by atoms with van der Waals surface area (Å²) in [4.78, 5) is 37.1. The number of esters is 1. The minimum Gasteiger partial charge on any atom is -0.465 e. The molecule has 3 aromatic rings. The molecule has 30 heavy (non-hydrogen) atoms. The molecule has 0 fully saturated rings. The van der Waals surface area contributed by atoms with Crippen molar-refractivity contribution in [1.82, 2.24) is 14.5 Å². The lowest BCUT2D eigenvalue weighted by atomic mass is 10.1. The third-order valence-corrected chi connectivity index (χ3v) is 5.22. The molecule has 3 rings (SSSR count). The molecule has 1 aromatic carbocycles. The summed E-state index contributed by atoms with van der Waals surface area (Å²) in [5, 5.41) is 3.90. The number of methoxy groups -OCH3 is 1. The molecule has 0 bridgehead atoms.